The molecular weight excluding hydrogens is 220 g/mol. The van der Waals surface area contributed by atoms with Crippen molar-refractivity contribution in [1.82, 2.24) is 10.3 Å². The van der Waals surface area contributed by atoms with Gasteiger partial charge in [0.2, 0.25) is 0 Å². The van der Waals surface area contributed by atoms with Gasteiger partial charge in [0, 0.05) is 13.5 Å². The van der Waals surface area contributed by atoms with Crippen LogP contribution in [-0.4, -0.2) is 22.6 Å². The smallest absolute Gasteiger partial charge is 0.325 e. The van der Waals surface area contributed by atoms with Gasteiger partial charge in [0.1, 0.15) is 11.6 Å². The molecule has 5 nitrogen and oxygen atoms in total. The lowest BCUT2D eigenvalue weighted by Crippen LogP contribution is -2.34. The molecular formula is C12H12N2O3. The summed E-state index contributed by atoms with van der Waals surface area (Å²) < 4.78 is 5.43. The summed E-state index contributed by atoms with van der Waals surface area (Å²) in [7, 11) is 0. The molecule has 1 aromatic heterocycles. The molecule has 1 aliphatic heterocycles. The number of carboxylic acids is 1. The first-order chi connectivity index (χ1) is 8.15. The van der Waals surface area contributed by atoms with Gasteiger partial charge in [-0.2, -0.15) is 0 Å². The van der Waals surface area contributed by atoms with E-state index in [1.807, 2.05) is 6.07 Å². The van der Waals surface area contributed by atoms with Crippen LogP contribution in [0.2, 0.25) is 0 Å². The first-order valence-electron chi connectivity index (χ1n) is 5.51. The summed E-state index contributed by atoms with van der Waals surface area (Å²) in [5.74, 6) is -0.260. The third-order valence-electron chi connectivity index (χ3n) is 3.06. The summed E-state index contributed by atoms with van der Waals surface area (Å²) >= 11 is 0. The van der Waals surface area contributed by atoms with Gasteiger partial charge in [-0.1, -0.05) is 0 Å². The Labute approximate surface area is 97.5 Å². The van der Waals surface area contributed by atoms with Crippen LogP contribution in [0.5, 0.6) is 0 Å². The zero-order valence-electron chi connectivity index (χ0n) is 9.36. The normalized spacial score (nSPS) is 19.2. The Kier molecular flexibility index (Phi) is 2.16. The predicted octanol–water partition coefficient (Wildman–Crippen LogP) is 1.41. The van der Waals surface area contributed by atoms with Crippen LogP contribution in [0.4, 0.5) is 0 Å². The molecule has 0 bridgehead atoms. The molecule has 0 spiro atoms. The second-order valence-electron chi connectivity index (χ2n) is 4.23. The Bertz CT molecular complexity index is 603. The molecule has 3 rings (SSSR count). The highest BCUT2D eigenvalue weighted by atomic mass is 16.4. The molecule has 1 aliphatic rings. The fraction of sp³-hybridized carbons (Fsp3) is 0.333. The minimum Gasteiger partial charge on any atom is -0.480 e. The highest BCUT2D eigenvalue weighted by Gasteiger charge is 2.26. The molecule has 2 aromatic rings. The van der Waals surface area contributed by atoms with Crippen molar-refractivity contribution in [3.8, 4) is 0 Å². The lowest BCUT2D eigenvalue weighted by molar-refractivity contribution is -0.139. The molecule has 0 fully saturated rings. The number of oxazole rings is 1. The van der Waals surface area contributed by atoms with E-state index < -0.39 is 12.0 Å². The standard InChI is InChI=1S/C12H12N2O3/c1-6-14-9-4-7-2-3-13-11(12(15)16)8(7)5-10(9)17-6/h4-5,11,13H,2-3H2,1H3,(H,15,16). The minimum atomic E-state index is -0.860. The van der Waals surface area contributed by atoms with Crippen LogP contribution >= 0.6 is 0 Å². The number of nitrogens with one attached hydrogen (secondary N) is 1. The molecule has 1 aromatic carbocycles. The van der Waals surface area contributed by atoms with Crippen molar-refractivity contribution in [2.24, 2.45) is 0 Å². The molecule has 0 radical (unpaired) electrons. The van der Waals surface area contributed by atoms with Crippen LogP contribution in [-0.2, 0) is 11.2 Å². The number of carboxylic acid groups (broad SMARTS) is 1. The number of aliphatic carboxylic acids is 1. The molecule has 2 heterocycles. The summed E-state index contributed by atoms with van der Waals surface area (Å²) in [5, 5.41) is 12.1. The monoisotopic (exact) mass is 232 g/mol. The van der Waals surface area contributed by atoms with Gasteiger partial charge in [-0.3, -0.25) is 4.79 Å². The third kappa shape index (κ3) is 1.59. The molecule has 1 unspecified atom stereocenters. The number of fused-ring (bicyclic) bond motifs is 2. The first kappa shape index (κ1) is 10.3. The number of carbonyl (C=O) groups is 1. The summed E-state index contributed by atoms with van der Waals surface area (Å²) in [4.78, 5) is 15.4. The molecule has 5 heteroatoms. The maximum atomic E-state index is 11.1. The Morgan fingerprint density at radius 3 is 3.18 bits per heavy atom. The van der Waals surface area contributed by atoms with Crippen molar-refractivity contribution < 1.29 is 14.3 Å². The van der Waals surface area contributed by atoms with Crippen LogP contribution in [0.3, 0.4) is 0 Å². The Balaban J connectivity index is 2.21. The van der Waals surface area contributed by atoms with Crippen molar-refractivity contribution in [1.29, 1.82) is 0 Å². The summed E-state index contributed by atoms with van der Waals surface area (Å²) in [6.45, 7) is 2.46. The van der Waals surface area contributed by atoms with Gasteiger partial charge in [0.25, 0.3) is 0 Å². The van der Waals surface area contributed by atoms with Gasteiger partial charge in [-0.15, -0.1) is 0 Å². The Morgan fingerprint density at radius 1 is 1.59 bits per heavy atom. The Hall–Kier alpha value is -1.88. The van der Waals surface area contributed by atoms with Gasteiger partial charge >= 0.3 is 5.97 Å². The average molecular weight is 232 g/mol. The van der Waals surface area contributed by atoms with E-state index in [0.29, 0.717) is 18.0 Å². The van der Waals surface area contributed by atoms with Gasteiger partial charge < -0.3 is 14.8 Å². The van der Waals surface area contributed by atoms with E-state index in [1.165, 1.54) is 0 Å². The van der Waals surface area contributed by atoms with E-state index in [4.69, 9.17) is 9.52 Å². The zero-order chi connectivity index (χ0) is 12.0. The van der Waals surface area contributed by atoms with Crippen LogP contribution in [0.15, 0.2) is 16.5 Å². The number of aryl methyl sites for hydroxylation is 1. The lowest BCUT2D eigenvalue weighted by atomic mass is 9.94. The quantitative estimate of drug-likeness (QED) is 0.777. The van der Waals surface area contributed by atoms with Crippen molar-refractivity contribution in [2.45, 2.75) is 19.4 Å². The SMILES string of the molecule is Cc1nc2cc3c(cc2o1)C(C(=O)O)NCC3. The van der Waals surface area contributed by atoms with Crippen molar-refractivity contribution >= 4 is 17.1 Å². The molecule has 2 N–H and O–H groups in total. The molecule has 1 atom stereocenters. The van der Waals surface area contributed by atoms with Gasteiger partial charge in [-0.25, -0.2) is 4.98 Å². The summed E-state index contributed by atoms with van der Waals surface area (Å²) in [5.41, 5.74) is 3.27. The van der Waals surface area contributed by atoms with E-state index in [2.05, 4.69) is 10.3 Å². The minimum absolute atomic E-state index is 0.599. The first-order valence-corrected chi connectivity index (χ1v) is 5.51. The van der Waals surface area contributed by atoms with E-state index in [1.54, 1.807) is 13.0 Å². The predicted molar refractivity (Wildman–Crippen MR) is 60.8 cm³/mol. The molecule has 17 heavy (non-hydrogen) atoms. The molecule has 0 saturated carbocycles. The maximum absolute atomic E-state index is 11.1. The van der Waals surface area contributed by atoms with E-state index >= 15 is 0 Å². The number of hydrogen-bond acceptors (Lipinski definition) is 4. The maximum Gasteiger partial charge on any atom is 0.325 e. The van der Waals surface area contributed by atoms with Crippen molar-refractivity contribution in [3.63, 3.8) is 0 Å². The average Bonchev–Trinajstić information content (AvgIpc) is 2.63. The van der Waals surface area contributed by atoms with Crippen molar-refractivity contribution in [2.75, 3.05) is 6.54 Å². The van der Waals surface area contributed by atoms with Crippen LogP contribution in [0.25, 0.3) is 11.1 Å². The van der Waals surface area contributed by atoms with Crippen LogP contribution < -0.4 is 5.32 Å². The largest absolute Gasteiger partial charge is 0.480 e. The fourth-order valence-electron chi connectivity index (χ4n) is 2.31. The van der Waals surface area contributed by atoms with Gasteiger partial charge in [0.05, 0.1) is 0 Å². The second kappa shape index (κ2) is 3.56. The van der Waals surface area contributed by atoms with E-state index in [0.717, 1.165) is 23.1 Å². The highest BCUT2D eigenvalue weighted by molar-refractivity contribution is 5.81. The number of aromatic nitrogens is 1. The van der Waals surface area contributed by atoms with Crippen LogP contribution in [0.1, 0.15) is 23.1 Å². The highest BCUT2D eigenvalue weighted by Crippen LogP contribution is 2.28. The van der Waals surface area contributed by atoms with Crippen molar-refractivity contribution in [3.05, 3.63) is 29.2 Å². The number of benzene rings is 1. The summed E-state index contributed by atoms with van der Waals surface area (Å²) in [6.07, 6.45) is 0.820. The molecule has 0 aliphatic carbocycles. The van der Waals surface area contributed by atoms with Crippen LogP contribution in [0, 0.1) is 6.92 Å². The molecule has 0 saturated heterocycles. The zero-order valence-corrected chi connectivity index (χ0v) is 9.36. The molecule has 0 amide bonds. The summed E-state index contributed by atoms with van der Waals surface area (Å²) in [6, 6.07) is 3.07. The number of hydrogen-bond donors (Lipinski definition) is 2. The number of rotatable bonds is 1. The third-order valence-corrected chi connectivity index (χ3v) is 3.06. The van der Waals surface area contributed by atoms with Gasteiger partial charge in [0.15, 0.2) is 11.5 Å². The van der Waals surface area contributed by atoms with E-state index in [-0.39, 0.29) is 0 Å². The number of nitrogens with zero attached hydrogens (tertiary/aromatic N) is 1. The van der Waals surface area contributed by atoms with E-state index in [9.17, 15) is 4.79 Å². The molecule has 88 valence electrons. The van der Waals surface area contributed by atoms with Gasteiger partial charge in [-0.05, 0) is 29.7 Å². The lowest BCUT2D eigenvalue weighted by Gasteiger charge is -2.23. The fourth-order valence-corrected chi connectivity index (χ4v) is 2.31. The topological polar surface area (TPSA) is 75.4 Å². The second-order valence-corrected chi connectivity index (χ2v) is 4.23. The Morgan fingerprint density at radius 2 is 2.41 bits per heavy atom.